The van der Waals surface area contributed by atoms with E-state index < -0.39 is 0 Å². The van der Waals surface area contributed by atoms with E-state index in [1.165, 1.54) is 5.56 Å². The molecule has 5 rings (SSSR count). The number of amides is 1. The van der Waals surface area contributed by atoms with Crippen LogP contribution in [-0.4, -0.2) is 49.5 Å². The molecule has 0 N–H and O–H groups in total. The summed E-state index contributed by atoms with van der Waals surface area (Å²) in [5.74, 6) is 1.23. The van der Waals surface area contributed by atoms with Crippen LogP contribution in [0.25, 0.3) is 5.65 Å². The van der Waals surface area contributed by atoms with Gasteiger partial charge in [-0.15, -0.1) is 10.2 Å². The molecule has 4 heterocycles. The van der Waals surface area contributed by atoms with Crippen molar-refractivity contribution in [1.29, 1.82) is 0 Å². The Morgan fingerprint density at radius 1 is 1.37 bits per heavy atom. The molecule has 140 valence electrons. The molecule has 0 radical (unpaired) electrons. The van der Waals surface area contributed by atoms with Crippen LogP contribution < -0.4 is 4.90 Å². The van der Waals surface area contributed by atoms with Crippen LogP contribution in [0.4, 0.5) is 5.82 Å². The number of hydrogen-bond acceptors (Lipinski definition) is 6. The van der Waals surface area contributed by atoms with Gasteiger partial charge < -0.3 is 9.80 Å². The maximum atomic E-state index is 12.3. The average molecular weight is 382 g/mol. The third-order valence-corrected chi connectivity index (χ3v) is 6.88. The number of fused-ring (bicyclic) bond motifs is 1. The maximum absolute atomic E-state index is 12.3. The number of carbonyl (C=O) groups excluding carboxylic acids is 1. The van der Waals surface area contributed by atoms with Crippen molar-refractivity contribution in [3.8, 4) is 0 Å². The molecule has 0 bridgehead atoms. The number of aromatic nitrogens is 4. The van der Waals surface area contributed by atoms with Gasteiger partial charge in [-0.25, -0.2) is 0 Å². The van der Waals surface area contributed by atoms with Gasteiger partial charge in [-0.2, -0.15) is 11.3 Å². The molecule has 8 heteroatoms. The molecule has 3 aromatic heterocycles. The SMILES string of the molecule is CC(=O)N(Cc1ccsc1)C1CC12CCN(c1cncc3nncn13)CC2. The van der Waals surface area contributed by atoms with Crippen LogP contribution in [0.3, 0.4) is 0 Å². The second-order valence-corrected chi connectivity index (χ2v) is 8.45. The van der Waals surface area contributed by atoms with E-state index in [4.69, 9.17) is 0 Å². The topological polar surface area (TPSA) is 66.6 Å². The third kappa shape index (κ3) is 2.88. The van der Waals surface area contributed by atoms with Gasteiger partial charge in [-0.1, -0.05) is 0 Å². The zero-order valence-corrected chi connectivity index (χ0v) is 16.1. The van der Waals surface area contributed by atoms with Crippen molar-refractivity contribution in [2.24, 2.45) is 5.41 Å². The molecule has 1 aliphatic carbocycles. The molecule has 2 fully saturated rings. The fraction of sp³-hybridized carbons (Fsp3) is 0.474. The molecule has 1 amide bonds. The number of piperidine rings is 1. The monoisotopic (exact) mass is 382 g/mol. The lowest BCUT2D eigenvalue weighted by Gasteiger charge is -2.35. The predicted molar refractivity (Wildman–Crippen MR) is 104 cm³/mol. The van der Waals surface area contributed by atoms with Gasteiger partial charge in [0.25, 0.3) is 0 Å². The summed E-state index contributed by atoms with van der Waals surface area (Å²) in [5.41, 5.74) is 2.29. The van der Waals surface area contributed by atoms with E-state index in [1.54, 1.807) is 30.8 Å². The molecule has 1 saturated heterocycles. The highest BCUT2D eigenvalue weighted by Crippen LogP contribution is 2.57. The van der Waals surface area contributed by atoms with E-state index in [1.807, 2.05) is 10.6 Å². The molecule has 2 aliphatic rings. The summed E-state index contributed by atoms with van der Waals surface area (Å²) in [6.45, 7) is 4.38. The van der Waals surface area contributed by atoms with Crippen molar-refractivity contribution in [3.05, 3.63) is 41.1 Å². The zero-order valence-electron chi connectivity index (χ0n) is 15.3. The van der Waals surface area contributed by atoms with Crippen LogP contribution in [0.1, 0.15) is 31.7 Å². The highest BCUT2D eigenvalue weighted by atomic mass is 32.1. The molecule has 3 aromatic rings. The van der Waals surface area contributed by atoms with Gasteiger partial charge in [0, 0.05) is 32.6 Å². The number of carbonyl (C=O) groups is 1. The van der Waals surface area contributed by atoms with Crippen molar-refractivity contribution >= 4 is 28.7 Å². The molecule has 1 aliphatic heterocycles. The molecule has 1 atom stereocenters. The molecule has 27 heavy (non-hydrogen) atoms. The Morgan fingerprint density at radius 3 is 2.96 bits per heavy atom. The highest BCUT2D eigenvalue weighted by Gasteiger charge is 2.58. The Morgan fingerprint density at radius 2 is 2.22 bits per heavy atom. The first-order valence-electron chi connectivity index (χ1n) is 9.33. The first kappa shape index (κ1) is 16.7. The fourth-order valence-electron chi connectivity index (χ4n) is 4.48. The number of rotatable bonds is 4. The Kier molecular flexibility index (Phi) is 3.89. The van der Waals surface area contributed by atoms with Gasteiger partial charge in [-0.05, 0) is 47.1 Å². The first-order chi connectivity index (χ1) is 13.2. The summed E-state index contributed by atoms with van der Waals surface area (Å²) in [4.78, 5) is 21.0. The minimum absolute atomic E-state index is 0.184. The lowest BCUT2D eigenvalue weighted by molar-refractivity contribution is -0.130. The van der Waals surface area contributed by atoms with E-state index in [9.17, 15) is 4.79 Å². The minimum atomic E-state index is 0.184. The van der Waals surface area contributed by atoms with Crippen molar-refractivity contribution in [3.63, 3.8) is 0 Å². The smallest absolute Gasteiger partial charge is 0.220 e. The first-order valence-corrected chi connectivity index (χ1v) is 10.3. The average Bonchev–Trinajstić information content (AvgIpc) is 3.09. The highest BCUT2D eigenvalue weighted by molar-refractivity contribution is 7.07. The second-order valence-electron chi connectivity index (χ2n) is 7.67. The second kappa shape index (κ2) is 6.30. The van der Waals surface area contributed by atoms with E-state index in [2.05, 4.69) is 41.8 Å². The van der Waals surface area contributed by atoms with Crippen molar-refractivity contribution in [1.82, 2.24) is 24.5 Å². The molecular formula is C19H22N6OS. The number of anilines is 1. The largest absolute Gasteiger partial charge is 0.356 e. The van der Waals surface area contributed by atoms with Crippen LogP contribution in [0.5, 0.6) is 0 Å². The number of thiophene rings is 1. The Labute approximate surface area is 161 Å². The number of hydrogen-bond donors (Lipinski definition) is 0. The van der Waals surface area contributed by atoms with E-state index >= 15 is 0 Å². The van der Waals surface area contributed by atoms with Crippen LogP contribution in [0, 0.1) is 5.41 Å². The summed E-state index contributed by atoms with van der Waals surface area (Å²) < 4.78 is 1.99. The molecule has 0 aromatic carbocycles. The van der Waals surface area contributed by atoms with Crippen LogP contribution in [-0.2, 0) is 11.3 Å². The lowest BCUT2D eigenvalue weighted by atomic mass is 9.92. The standard InChI is InChI=1S/C19H22N6OS/c1-14(26)24(11-15-2-7-27-12-15)16-8-19(16)3-5-23(6-4-19)18-10-20-9-17-22-21-13-25(17)18/h2,7,9-10,12-13,16H,3-6,8,11H2,1H3. The Bertz CT molecular complexity index is 960. The van der Waals surface area contributed by atoms with Crippen molar-refractivity contribution in [2.45, 2.75) is 38.8 Å². The maximum Gasteiger partial charge on any atom is 0.220 e. The van der Waals surface area contributed by atoms with Gasteiger partial charge in [0.2, 0.25) is 5.91 Å². The van der Waals surface area contributed by atoms with Crippen molar-refractivity contribution < 1.29 is 4.79 Å². The molecule has 1 saturated carbocycles. The summed E-state index contributed by atoms with van der Waals surface area (Å²) >= 11 is 1.69. The van der Waals surface area contributed by atoms with Crippen LogP contribution >= 0.6 is 11.3 Å². The lowest BCUT2D eigenvalue weighted by Crippen LogP contribution is -2.40. The predicted octanol–water partition coefficient (Wildman–Crippen LogP) is 2.59. The van der Waals surface area contributed by atoms with Gasteiger partial charge in [-0.3, -0.25) is 14.2 Å². The number of nitrogens with zero attached hydrogens (tertiary/aromatic N) is 6. The minimum Gasteiger partial charge on any atom is -0.356 e. The van der Waals surface area contributed by atoms with Gasteiger partial charge >= 0.3 is 0 Å². The fourth-order valence-corrected chi connectivity index (χ4v) is 5.14. The van der Waals surface area contributed by atoms with E-state index in [0.29, 0.717) is 6.04 Å². The summed E-state index contributed by atoms with van der Waals surface area (Å²) in [6, 6.07) is 2.49. The van der Waals surface area contributed by atoms with E-state index in [0.717, 1.165) is 50.4 Å². The zero-order chi connectivity index (χ0) is 18.4. The molecular weight excluding hydrogens is 360 g/mol. The summed E-state index contributed by atoms with van der Waals surface area (Å²) in [7, 11) is 0. The summed E-state index contributed by atoms with van der Waals surface area (Å²) in [5, 5.41) is 12.3. The molecule has 1 unspecified atom stereocenters. The third-order valence-electron chi connectivity index (χ3n) is 6.14. The van der Waals surface area contributed by atoms with Gasteiger partial charge in [0.05, 0.1) is 12.4 Å². The Hall–Kier alpha value is -2.48. The molecule has 7 nitrogen and oxygen atoms in total. The van der Waals surface area contributed by atoms with Gasteiger partial charge in [0.15, 0.2) is 5.65 Å². The Balaban J connectivity index is 1.29. The van der Waals surface area contributed by atoms with Crippen LogP contribution in [0.15, 0.2) is 35.5 Å². The van der Waals surface area contributed by atoms with Gasteiger partial charge in [0.1, 0.15) is 12.1 Å². The normalized spacial score (nSPS) is 20.9. The molecule has 1 spiro atoms. The van der Waals surface area contributed by atoms with Crippen LogP contribution in [0.2, 0.25) is 0 Å². The quantitative estimate of drug-likeness (QED) is 0.694. The van der Waals surface area contributed by atoms with Crippen molar-refractivity contribution in [2.75, 3.05) is 18.0 Å². The van der Waals surface area contributed by atoms with E-state index in [-0.39, 0.29) is 11.3 Å². The summed E-state index contributed by atoms with van der Waals surface area (Å²) in [6.07, 6.45) is 8.69.